The van der Waals surface area contributed by atoms with E-state index in [4.69, 9.17) is 4.91 Å². The van der Waals surface area contributed by atoms with Gasteiger partial charge in [0.2, 0.25) is 0 Å². The van der Waals surface area contributed by atoms with Gasteiger partial charge in [-0.1, -0.05) is 0 Å². The Labute approximate surface area is 41.5 Å². The van der Waals surface area contributed by atoms with Crippen LogP contribution >= 0.6 is 0 Å². The second kappa shape index (κ2) is 1.89. The van der Waals surface area contributed by atoms with Gasteiger partial charge in [-0.2, -0.15) is 13.2 Å². The van der Waals surface area contributed by atoms with Gasteiger partial charge >= 0.3 is 12.1 Å². The minimum atomic E-state index is -5.11. The average Bonchev–Trinajstić information content (AvgIpc) is 1.62. The number of amides is 1. The fourth-order valence-electron chi connectivity index (χ4n) is 0.0518. The minimum absolute atomic E-state index is 1.15. The van der Waals surface area contributed by atoms with E-state index in [1.807, 2.05) is 0 Å². The molecule has 8 heavy (non-hydrogen) atoms. The lowest BCUT2D eigenvalue weighted by Crippen LogP contribution is -2.19. The Hall–Kier alpha value is -0.940. The summed E-state index contributed by atoms with van der Waals surface area (Å²) in [6.45, 7) is 0. The van der Waals surface area contributed by atoms with Gasteiger partial charge in [-0.05, 0) is 0 Å². The predicted molar refractivity (Wildman–Crippen MR) is 16.9 cm³/mol. The Morgan fingerprint density at radius 2 is 1.75 bits per heavy atom. The topological polar surface area (TPSA) is 46.5 Å². The molecule has 0 unspecified atom stereocenters. The maximum Gasteiger partial charge on any atom is 0.476 e. The van der Waals surface area contributed by atoms with Crippen molar-refractivity contribution in [1.82, 2.24) is 0 Å². The minimum Gasteiger partial charge on any atom is -0.258 e. The third-order valence-electron chi connectivity index (χ3n) is 0.325. The largest absolute Gasteiger partial charge is 0.476 e. The van der Waals surface area contributed by atoms with Crippen molar-refractivity contribution in [2.24, 2.45) is 5.18 Å². The lowest BCUT2D eigenvalue weighted by molar-refractivity contribution is -0.169. The zero-order chi connectivity index (χ0) is 6.78. The third kappa shape index (κ3) is 1.67. The molecule has 0 aromatic carbocycles. The summed E-state index contributed by atoms with van der Waals surface area (Å²) >= 11 is 0. The molecule has 0 atom stereocenters. The Morgan fingerprint density at radius 3 is 1.75 bits per heavy atom. The number of halogens is 3. The maximum absolute atomic E-state index is 10.8. The molecular weight excluding hydrogens is 127 g/mol. The first kappa shape index (κ1) is 7.06. The smallest absolute Gasteiger partial charge is 0.258 e. The lowest BCUT2D eigenvalue weighted by Gasteiger charge is -1.93. The van der Waals surface area contributed by atoms with Gasteiger partial charge in [0.05, 0.1) is 0 Å². The van der Waals surface area contributed by atoms with Crippen molar-refractivity contribution in [2.45, 2.75) is 6.18 Å². The van der Waals surface area contributed by atoms with Crippen LogP contribution in [0.3, 0.4) is 0 Å². The molecule has 0 aliphatic rings. The molecule has 0 aromatic rings. The second-order valence-electron chi connectivity index (χ2n) is 0.894. The summed E-state index contributed by atoms with van der Waals surface area (Å²) < 4.78 is 32.4. The maximum atomic E-state index is 10.8. The van der Waals surface area contributed by atoms with E-state index in [2.05, 4.69) is 0 Å². The molecule has 0 spiro atoms. The molecule has 1 amide bonds. The van der Waals surface area contributed by atoms with Gasteiger partial charge in [0, 0.05) is 5.18 Å². The monoisotopic (exact) mass is 127 g/mol. The van der Waals surface area contributed by atoms with Crippen molar-refractivity contribution in [3.05, 3.63) is 4.91 Å². The molecule has 0 aromatic heterocycles. The SMILES string of the molecule is O=NC(=O)C(F)(F)F. The van der Waals surface area contributed by atoms with E-state index in [1.165, 1.54) is 0 Å². The summed E-state index contributed by atoms with van der Waals surface area (Å²) in [6, 6.07) is 0. The van der Waals surface area contributed by atoms with Crippen molar-refractivity contribution >= 4 is 5.91 Å². The van der Waals surface area contributed by atoms with E-state index >= 15 is 0 Å². The summed E-state index contributed by atoms with van der Waals surface area (Å²) in [5, 5.41) is 1.15. The fourth-order valence-corrected chi connectivity index (χ4v) is 0.0518. The zero-order valence-corrected chi connectivity index (χ0v) is 3.40. The van der Waals surface area contributed by atoms with Crippen molar-refractivity contribution in [3.8, 4) is 0 Å². The molecule has 0 fully saturated rings. The highest BCUT2D eigenvalue weighted by molar-refractivity contribution is 5.82. The number of nitroso groups, excluding NO2 is 1. The highest BCUT2D eigenvalue weighted by Crippen LogP contribution is 2.15. The molecule has 0 saturated heterocycles. The average molecular weight is 127 g/mol. The van der Waals surface area contributed by atoms with Crippen LogP contribution in [0.25, 0.3) is 0 Å². The van der Waals surface area contributed by atoms with E-state index < -0.39 is 12.1 Å². The molecule has 6 heteroatoms. The molecule has 46 valence electrons. The number of alkyl halides is 3. The molecule has 0 saturated carbocycles. The van der Waals surface area contributed by atoms with E-state index in [1.54, 1.807) is 0 Å². The number of hydrogen-bond donors (Lipinski definition) is 0. The second-order valence-corrected chi connectivity index (χ2v) is 0.894. The van der Waals surface area contributed by atoms with E-state index in [0.717, 1.165) is 5.18 Å². The summed E-state index contributed by atoms with van der Waals surface area (Å²) in [5.41, 5.74) is 0. The Balaban J connectivity index is 4.02. The van der Waals surface area contributed by atoms with Gasteiger partial charge in [-0.25, -0.2) is 0 Å². The normalized spacial score (nSPS) is 10.9. The van der Waals surface area contributed by atoms with Crippen molar-refractivity contribution in [2.75, 3.05) is 0 Å². The van der Waals surface area contributed by atoms with Crippen molar-refractivity contribution < 1.29 is 18.0 Å². The molecule has 0 N–H and O–H groups in total. The van der Waals surface area contributed by atoms with Gasteiger partial charge in [0.1, 0.15) is 0 Å². The molecule has 0 aliphatic carbocycles. The number of carbonyl (C=O) groups excluding carboxylic acids is 1. The van der Waals surface area contributed by atoms with Crippen LogP contribution < -0.4 is 0 Å². The van der Waals surface area contributed by atoms with Crippen LogP contribution in [0.4, 0.5) is 13.2 Å². The quantitative estimate of drug-likeness (QED) is 0.452. The van der Waals surface area contributed by atoms with E-state index in [0.29, 0.717) is 0 Å². The summed E-state index contributed by atoms with van der Waals surface area (Å²) in [5.74, 6) is -2.60. The molecule has 3 nitrogen and oxygen atoms in total. The molecule has 0 bridgehead atoms. The Morgan fingerprint density at radius 1 is 1.38 bits per heavy atom. The number of hydrogen-bond acceptors (Lipinski definition) is 2. The Bertz CT molecular complexity index is 117. The number of carbonyl (C=O) groups is 1. The molecule has 0 radical (unpaired) electrons. The standard InChI is InChI=1S/C2F3NO2/c3-2(4,5)1(7)6-8. The van der Waals surface area contributed by atoms with E-state index in [9.17, 15) is 18.0 Å². The van der Waals surface area contributed by atoms with Crippen LogP contribution in [0.2, 0.25) is 0 Å². The van der Waals surface area contributed by atoms with Crippen LogP contribution in [-0.4, -0.2) is 12.1 Å². The van der Waals surface area contributed by atoms with Gasteiger partial charge in [0.15, 0.2) is 0 Å². The van der Waals surface area contributed by atoms with Gasteiger partial charge in [0.25, 0.3) is 0 Å². The highest BCUT2D eigenvalue weighted by Gasteiger charge is 2.39. The Kier molecular flexibility index (Phi) is 1.67. The van der Waals surface area contributed by atoms with Crippen molar-refractivity contribution in [1.29, 1.82) is 0 Å². The molecule has 0 heterocycles. The summed E-state index contributed by atoms with van der Waals surface area (Å²) in [7, 11) is 0. The highest BCUT2D eigenvalue weighted by atomic mass is 19.4. The van der Waals surface area contributed by atoms with Gasteiger partial charge in [-0.3, -0.25) is 4.79 Å². The first-order valence-corrected chi connectivity index (χ1v) is 1.43. The summed E-state index contributed by atoms with van der Waals surface area (Å²) in [6.07, 6.45) is -5.11. The van der Waals surface area contributed by atoms with Crippen LogP contribution in [-0.2, 0) is 4.79 Å². The molecular formula is C2F3NO2. The summed E-state index contributed by atoms with van der Waals surface area (Å²) in [4.78, 5) is 18.1. The first-order valence-electron chi connectivity index (χ1n) is 1.43. The predicted octanol–water partition coefficient (Wildman–Crippen LogP) is 0.842. The molecule has 0 aliphatic heterocycles. The number of nitrogens with zero attached hydrogens (tertiary/aromatic N) is 1. The van der Waals surface area contributed by atoms with Crippen LogP contribution in [0.5, 0.6) is 0 Å². The van der Waals surface area contributed by atoms with Crippen LogP contribution in [0, 0.1) is 4.91 Å². The van der Waals surface area contributed by atoms with Crippen LogP contribution in [0.1, 0.15) is 0 Å². The lowest BCUT2D eigenvalue weighted by atomic mass is 10.6. The first-order chi connectivity index (χ1) is 3.48. The number of rotatable bonds is 0. The van der Waals surface area contributed by atoms with Gasteiger partial charge in [-0.15, -0.1) is 4.91 Å². The van der Waals surface area contributed by atoms with Crippen molar-refractivity contribution in [3.63, 3.8) is 0 Å². The van der Waals surface area contributed by atoms with E-state index in [-0.39, 0.29) is 0 Å². The fraction of sp³-hybridized carbons (Fsp3) is 0.500. The third-order valence-corrected chi connectivity index (χ3v) is 0.325. The van der Waals surface area contributed by atoms with Gasteiger partial charge < -0.3 is 0 Å². The molecule has 0 rings (SSSR count). The zero-order valence-electron chi connectivity index (χ0n) is 3.40. The van der Waals surface area contributed by atoms with Crippen LogP contribution in [0.15, 0.2) is 5.18 Å².